The molecule has 3 aromatic carbocycles. The van der Waals surface area contributed by atoms with Crippen LogP contribution in [0.4, 0.5) is 17.6 Å². The monoisotopic (exact) mass is 433 g/mol. The van der Waals surface area contributed by atoms with Gasteiger partial charge in [0.25, 0.3) is 0 Å². The zero-order valence-electron chi connectivity index (χ0n) is 15.8. The summed E-state index contributed by atoms with van der Waals surface area (Å²) in [6.45, 7) is 1.87. The van der Waals surface area contributed by atoms with Crippen LogP contribution >= 0.6 is 11.6 Å². The van der Waals surface area contributed by atoms with E-state index in [0.717, 1.165) is 11.6 Å². The fraction of sp³-hybridized carbons (Fsp3) is 0.174. The van der Waals surface area contributed by atoms with E-state index in [1.807, 2.05) is 12.1 Å². The van der Waals surface area contributed by atoms with Gasteiger partial charge in [-0.1, -0.05) is 29.8 Å². The summed E-state index contributed by atoms with van der Waals surface area (Å²) in [5.74, 6) is -4.34. The second kappa shape index (κ2) is 7.43. The van der Waals surface area contributed by atoms with Gasteiger partial charge in [0.1, 0.15) is 11.6 Å². The summed E-state index contributed by atoms with van der Waals surface area (Å²) in [6, 6.07) is 11.0. The average molecular weight is 434 g/mol. The van der Waals surface area contributed by atoms with Crippen molar-refractivity contribution in [2.24, 2.45) is 0 Å². The summed E-state index contributed by atoms with van der Waals surface area (Å²) < 4.78 is 55.2. The first-order chi connectivity index (χ1) is 14.2. The number of amides is 1. The van der Waals surface area contributed by atoms with Crippen molar-refractivity contribution in [1.29, 1.82) is 0 Å². The first-order valence-electron chi connectivity index (χ1n) is 9.19. The Balaban J connectivity index is 1.83. The zero-order valence-corrected chi connectivity index (χ0v) is 16.6. The van der Waals surface area contributed by atoms with Crippen LogP contribution in [0.15, 0.2) is 48.5 Å². The van der Waals surface area contributed by atoms with Crippen molar-refractivity contribution in [3.05, 3.63) is 93.5 Å². The number of benzene rings is 3. The predicted octanol–water partition coefficient (Wildman–Crippen LogP) is 5.69. The maximum Gasteiger partial charge on any atom is 0.230 e. The Bertz CT molecular complexity index is 1180. The normalized spacial score (nSPS) is 18.1. The summed E-state index contributed by atoms with van der Waals surface area (Å²) in [4.78, 5) is 12.8. The van der Waals surface area contributed by atoms with Crippen LogP contribution in [0, 0.1) is 23.3 Å². The number of rotatable bonds is 3. The van der Waals surface area contributed by atoms with Crippen LogP contribution in [0.5, 0.6) is 0 Å². The van der Waals surface area contributed by atoms with Crippen molar-refractivity contribution in [2.75, 3.05) is 0 Å². The van der Waals surface area contributed by atoms with Gasteiger partial charge in [0, 0.05) is 12.6 Å². The molecule has 0 aliphatic carbocycles. The molecule has 0 aromatic heterocycles. The number of nitrogens with one attached hydrogen (secondary N) is 1. The van der Waals surface area contributed by atoms with Gasteiger partial charge in [-0.3, -0.25) is 4.79 Å². The van der Waals surface area contributed by atoms with E-state index in [1.54, 1.807) is 19.1 Å². The Morgan fingerprint density at radius 1 is 0.967 bits per heavy atom. The lowest BCUT2D eigenvalue weighted by Crippen LogP contribution is -2.48. The molecule has 0 saturated carbocycles. The van der Waals surface area contributed by atoms with Gasteiger partial charge in [0.2, 0.25) is 5.91 Å². The zero-order chi connectivity index (χ0) is 21.6. The highest BCUT2D eigenvalue weighted by molar-refractivity contribution is 6.31. The molecule has 1 amide bonds. The van der Waals surface area contributed by atoms with Crippen LogP contribution in [0.25, 0.3) is 11.1 Å². The van der Waals surface area contributed by atoms with E-state index in [4.69, 9.17) is 11.6 Å². The molecule has 2 nitrogen and oxygen atoms in total. The molecule has 1 aliphatic rings. The van der Waals surface area contributed by atoms with E-state index in [-0.39, 0.29) is 29.5 Å². The molecule has 0 spiro atoms. The van der Waals surface area contributed by atoms with Gasteiger partial charge in [-0.25, -0.2) is 17.6 Å². The lowest BCUT2D eigenvalue weighted by Gasteiger charge is -2.35. The van der Waals surface area contributed by atoms with Gasteiger partial charge in [-0.2, -0.15) is 0 Å². The Kier molecular flexibility index (Phi) is 5.06. The second-order valence-electron chi connectivity index (χ2n) is 7.55. The second-order valence-corrected chi connectivity index (χ2v) is 7.96. The van der Waals surface area contributed by atoms with E-state index in [1.165, 1.54) is 12.1 Å². The molecule has 0 fully saturated rings. The molecular weight excluding hydrogens is 418 g/mol. The summed E-state index contributed by atoms with van der Waals surface area (Å²) in [5, 5.41) is 2.72. The third kappa shape index (κ3) is 3.45. The fourth-order valence-corrected chi connectivity index (χ4v) is 4.07. The van der Waals surface area contributed by atoms with Crippen molar-refractivity contribution < 1.29 is 22.4 Å². The summed E-state index contributed by atoms with van der Waals surface area (Å²) in [6.07, 6.45) is -0.236. The number of fused-ring (bicyclic) bond motifs is 1. The molecule has 3 aromatic rings. The van der Waals surface area contributed by atoms with Crippen molar-refractivity contribution in [2.45, 2.75) is 25.3 Å². The lowest BCUT2D eigenvalue weighted by molar-refractivity contribution is -0.127. The highest BCUT2D eigenvalue weighted by Crippen LogP contribution is 2.38. The summed E-state index contributed by atoms with van der Waals surface area (Å²) in [5.41, 5.74) is 1.23. The van der Waals surface area contributed by atoms with Gasteiger partial charge in [0.05, 0.1) is 10.4 Å². The van der Waals surface area contributed by atoms with Crippen molar-refractivity contribution in [1.82, 2.24) is 5.32 Å². The third-order valence-electron chi connectivity index (χ3n) is 5.51. The lowest BCUT2D eigenvalue weighted by atomic mass is 9.72. The molecule has 1 N–H and O–H groups in total. The van der Waals surface area contributed by atoms with Gasteiger partial charge in [-0.15, -0.1) is 0 Å². The van der Waals surface area contributed by atoms with Crippen molar-refractivity contribution in [3.63, 3.8) is 0 Å². The Morgan fingerprint density at radius 2 is 1.67 bits per heavy atom. The van der Waals surface area contributed by atoms with Crippen LogP contribution in [0.3, 0.4) is 0 Å². The minimum atomic E-state index is -1.31. The number of carbonyl (C=O) groups is 1. The SMILES string of the molecule is C[C@]1(Cc2cc(F)cc(F)c2F)C(=O)NCc2ccc(-c3ccc(F)c(Cl)c3)cc21. The number of hydrogen-bond acceptors (Lipinski definition) is 1. The van der Waals surface area contributed by atoms with Gasteiger partial charge >= 0.3 is 0 Å². The molecule has 1 aliphatic heterocycles. The summed E-state index contributed by atoms with van der Waals surface area (Å²) >= 11 is 5.89. The first-order valence-corrected chi connectivity index (χ1v) is 9.57. The molecule has 0 unspecified atom stereocenters. The van der Waals surface area contributed by atoms with Gasteiger partial charge in [-0.05, 0) is 65.4 Å². The van der Waals surface area contributed by atoms with Crippen LogP contribution in [0.1, 0.15) is 23.6 Å². The summed E-state index contributed by atoms with van der Waals surface area (Å²) in [7, 11) is 0. The molecule has 7 heteroatoms. The minimum absolute atomic E-state index is 0.0389. The Labute approximate surface area is 175 Å². The van der Waals surface area contributed by atoms with Crippen LogP contribution < -0.4 is 5.32 Å². The van der Waals surface area contributed by atoms with E-state index in [0.29, 0.717) is 22.8 Å². The largest absolute Gasteiger partial charge is 0.351 e. The number of hydrogen-bond donors (Lipinski definition) is 1. The van der Waals surface area contributed by atoms with Crippen LogP contribution in [-0.4, -0.2) is 5.91 Å². The molecule has 0 radical (unpaired) electrons. The smallest absolute Gasteiger partial charge is 0.230 e. The molecule has 1 heterocycles. The Morgan fingerprint density at radius 3 is 2.40 bits per heavy atom. The van der Waals surface area contributed by atoms with Crippen molar-refractivity contribution in [3.8, 4) is 11.1 Å². The van der Waals surface area contributed by atoms with E-state index in [9.17, 15) is 22.4 Å². The topological polar surface area (TPSA) is 29.1 Å². The highest BCUT2D eigenvalue weighted by atomic mass is 35.5. The van der Waals surface area contributed by atoms with E-state index < -0.39 is 28.7 Å². The first kappa shape index (κ1) is 20.4. The molecule has 1 atom stereocenters. The Hall–Kier alpha value is -2.86. The highest BCUT2D eigenvalue weighted by Gasteiger charge is 2.41. The predicted molar refractivity (Wildman–Crippen MR) is 106 cm³/mol. The quantitative estimate of drug-likeness (QED) is 0.417. The molecule has 30 heavy (non-hydrogen) atoms. The number of halogens is 5. The van der Waals surface area contributed by atoms with E-state index in [2.05, 4.69) is 5.32 Å². The fourth-order valence-electron chi connectivity index (χ4n) is 3.89. The van der Waals surface area contributed by atoms with Gasteiger partial charge in [0.15, 0.2) is 11.6 Å². The minimum Gasteiger partial charge on any atom is -0.351 e. The molecule has 154 valence electrons. The molecule has 4 rings (SSSR count). The maximum absolute atomic E-state index is 14.3. The molecule has 0 bridgehead atoms. The van der Waals surface area contributed by atoms with Crippen LogP contribution in [-0.2, 0) is 23.2 Å². The van der Waals surface area contributed by atoms with Crippen molar-refractivity contribution >= 4 is 17.5 Å². The van der Waals surface area contributed by atoms with Crippen LogP contribution in [0.2, 0.25) is 5.02 Å². The average Bonchev–Trinajstić information content (AvgIpc) is 2.71. The third-order valence-corrected chi connectivity index (χ3v) is 5.80. The maximum atomic E-state index is 14.3. The standard InChI is InChI=1S/C23H16ClF4NO/c1-23(10-15-6-16(25)9-20(27)21(15)28)17-7-12(2-3-14(17)11-29-22(23)30)13-4-5-19(26)18(24)8-13/h2-9H,10-11H2,1H3,(H,29,30)/t23-/m1/s1. The number of carbonyl (C=O) groups excluding carboxylic acids is 1. The van der Waals surface area contributed by atoms with Gasteiger partial charge < -0.3 is 5.32 Å². The van der Waals surface area contributed by atoms with E-state index >= 15 is 0 Å². The molecular formula is C23H16ClF4NO. The molecule has 0 saturated heterocycles.